The Kier molecular flexibility index (Phi) is 9.54. The van der Waals surface area contributed by atoms with Gasteiger partial charge in [-0.05, 0) is 43.9 Å². The number of nitrogens with zero attached hydrogens (tertiary/aromatic N) is 1. The van der Waals surface area contributed by atoms with Gasteiger partial charge < -0.3 is 4.90 Å². The largest absolute Gasteiger partial charge is 0.312 e. The van der Waals surface area contributed by atoms with Crippen LogP contribution in [0, 0.1) is 12.8 Å². The lowest BCUT2D eigenvalue weighted by molar-refractivity contribution is -0.122. The summed E-state index contributed by atoms with van der Waals surface area (Å²) in [6.45, 7) is 8.91. The molecule has 2 aromatic rings. The molecule has 28 heavy (non-hydrogen) atoms. The summed E-state index contributed by atoms with van der Waals surface area (Å²) in [6.07, 6.45) is 9.21. The topological polar surface area (TPSA) is 20.3 Å². The fourth-order valence-corrected chi connectivity index (χ4v) is 3.55. The van der Waals surface area contributed by atoms with Crippen LogP contribution in [-0.2, 0) is 11.2 Å². The standard InChI is InChI=1S/C26H35NO/c1-4-6-7-9-13-24(12-5-2)26(28)27(25-14-10-8-11-15-25)21-20-23-18-16-22(3)17-19-23/h5,8,10-11,14-19,24H,2,4,6-7,9,12-13,20-21H2,1,3H3. The van der Waals surface area contributed by atoms with E-state index in [0.717, 1.165) is 31.4 Å². The van der Waals surface area contributed by atoms with Crippen LogP contribution in [-0.4, -0.2) is 12.5 Å². The molecule has 2 rings (SSSR count). The fraction of sp³-hybridized carbons (Fsp3) is 0.423. The third kappa shape index (κ3) is 6.99. The monoisotopic (exact) mass is 377 g/mol. The first kappa shape index (κ1) is 21.9. The molecule has 0 aliphatic rings. The lowest BCUT2D eigenvalue weighted by atomic mass is 9.95. The van der Waals surface area contributed by atoms with Gasteiger partial charge in [-0.1, -0.05) is 86.7 Å². The zero-order chi connectivity index (χ0) is 20.2. The lowest BCUT2D eigenvalue weighted by Crippen LogP contribution is -2.37. The molecule has 0 bridgehead atoms. The number of carbonyl (C=O) groups is 1. The summed E-state index contributed by atoms with van der Waals surface area (Å²) in [5.41, 5.74) is 3.52. The molecule has 0 spiro atoms. The van der Waals surface area contributed by atoms with E-state index in [1.165, 1.54) is 30.4 Å². The van der Waals surface area contributed by atoms with E-state index in [2.05, 4.69) is 44.7 Å². The Morgan fingerprint density at radius 1 is 1.04 bits per heavy atom. The molecule has 150 valence electrons. The van der Waals surface area contributed by atoms with Crippen molar-refractivity contribution in [2.24, 2.45) is 5.92 Å². The van der Waals surface area contributed by atoms with Gasteiger partial charge in [-0.15, -0.1) is 6.58 Å². The summed E-state index contributed by atoms with van der Waals surface area (Å²) in [4.78, 5) is 15.4. The second-order valence-electron chi connectivity index (χ2n) is 7.63. The molecule has 0 radical (unpaired) electrons. The fourth-order valence-electron chi connectivity index (χ4n) is 3.55. The number of unbranched alkanes of at least 4 members (excludes halogenated alkanes) is 3. The summed E-state index contributed by atoms with van der Waals surface area (Å²) in [6, 6.07) is 18.7. The predicted octanol–water partition coefficient (Wildman–Crippen LogP) is 6.73. The number of rotatable bonds is 12. The zero-order valence-corrected chi connectivity index (χ0v) is 17.6. The Morgan fingerprint density at radius 3 is 2.39 bits per heavy atom. The summed E-state index contributed by atoms with van der Waals surface area (Å²) in [5.74, 6) is 0.252. The van der Waals surface area contributed by atoms with Crippen LogP contribution >= 0.6 is 0 Å². The average Bonchev–Trinajstić information content (AvgIpc) is 2.72. The molecular formula is C26H35NO. The Bertz CT molecular complexity index is 705. The van der Waals surface area contributed by atoms with Crippen molar-refractivity contribution >= 4 is 11.6 Å². The van der Waals surface area contributed by atoms with Crippen molar-refractivity contribution in [1.82, 2.24) is 0 Å². The van der Waals surface area contributed by atoms with Crippen molar-refractivity contribution in [3.63, 3.8) is 0 Å². The molecule has 0 heterocycles. The highest BCUT2D eigenvalue weighted by atomic mass is 16.2. The summed E-state index contributed by atoms with van der Waals surface area (Å²) >= 11 is 0. The first-order valence-corrected chi connectivity index (χ1v) is 10.7. The number of anilines is 1. The second kappa shape index (κ2) is 12.2. The van der Waals surface area contributed by atoms with Gasteiger partial charge in [0.2, 0.25) is 5.91 Å². The molecule has 0 N–H and O–H groups in total. The Labute approximate surface area is 171 Å². The normalized spacial score (nSPS) is 11.8. The van der Waals surface area contributed by atoms with Crippen LogP contribution in [0.5, 0.6) is 0 Å². The van der Waals surface area contributed by atoms with Crippen molar-refractivity contribution in [1.29, 1.82) is 0 Å². The van der Waals surface area contributed by atoms with Crippen LogP contribution in [0.25, 0.3) is 0 Å². The molecule has 0 aliphatic carbocycles. The number of para-hydroxylation sites is 1. The molecular weight excluding hydrogens is 342 g/mol. The van der Waals surface area contributed by atoms with E-state index in [0.29, 0.717) is 6.54 Å². The molecule has 2 nitrogen and oxygen atoms in total. The maximum atomic E-state index is 13.5. The van der Waals surface area contributed by atoms with Crippen molar-refractivity contribution in [3.8, 4) is 0 Å². The van der Waals surface area contributed by atoms with Gasteiger partial charge in [0.15, 0.2) is 0 Å². The lowest BCUT2D eigenvalue weighted by Gasteiger charge is -2.27. The molecule has 0 saturated heterocycles. The third-order valence-electron chi connectivity index (χ3n) is 5.29. The SMILES string of the molecule is C=CCC(CCCCCC)C(=O)N(CCc1ccc(C)cc1)c1ccccc1. The predicted molar refractivity (Wildman–Crippen MR) is 121 cm³/mol. The van der Waals surface area contributed by atoms with Gasteiger partial charge in [0.05, 0.1) is 0 Å². The maximum absolute atomic E-state index is 13.5. The van der Waals surface area contributed by atoms with E-state index < -0.39 is 0 Å². The van der Waals surface area contributed by atoms with Crippen molar-refractivity contribution in [2.45, 2.75) is 58.8 Å². The quantitative estimate of drug-likeness (QED) is 0.296. The van der Waals surface area contributed by atoms with Gasteiger partial charge >= 0.3 is 0 Å². The summed E-state index contributed by atoms with van der Waals surface area (Å²) < 4.78 is 0. The summed E-state index contributed by atoms with van der Waals surface area (Å²) in [7, 11) is 0. The van der Waals surface area contributed by atoms with Crippen molar-refractivity contribution in [3.05, 3.63) is 78.4 Å². The third-order valence-corrected chi connectivity index (χ3v) is 5.29. The van der Waals surface area contributed by atoms with Gasteiger partial charge in [-0.2, -0.15) is 0 Å². The van der Waals surface area contributed by atoms with E-state index in [1.807, 2.05) is 41.3 Å². The van der Waals surface area contributed by atoms with Crippen LogP contribution < -0.4 is 4.90 Å². The molecule has 2 aromatic carbocycles. The number of carbonyl (C=O) groups excluding carboxylic acids is 1. The Hall–Kier alpha value is -2.35. The smallest absolute Gasteiger partial charge is 0.230 e. The highest BCUT2D eigenvalue weighted by molar-refractivity contribution is 5.95. The maximum Gasteiger partial charge on any atom is 0.230 e. The average molecular weight is 378 g/mol. The minimum atomic E-state index is 0.0209. The number of allylic oxidation sites excluding steroid dienone is 1. The van der Waals surface area contributed by atoms with E-state index >= 15 is 0 Å². The molecule has 0 saturated carbocycles. The number of hydrogen-bond donors (Lipinski definition) is 0. The molecule has 1 atom stereocenters. The van der Waals surface area contributed by atoms with Gasteiger partial charge in [0.25, 0.3) is 0 Å². The van der Waals surface area contributed by atoms with Crippen LogP contribution in [0.2, 0.25) is 0 Å². The summed E-state index contributed by atoms with van der Waals surface area (Å²) in [5, 5.41) is 0. The number of hydrogen-bond acceptors (Lipinski definition) is 1. The van der Waals surface area contributed by atoms with E-state index in [1.54, 1.807) is 0 Å². The van der Waals surface area contributed by atoms with Crippen LogP contribution in [0.3, 0.4) is 0 Å². The zero-order valence-electron chi connectivity index (χ0n) is 17.6. The molecule has 0 fully saturated rings. The van der Waals surface area contributed by atoms with Crippen LogP contribution in [0.1, 0.15) is 56.6 Å². The van der Waals surface area contributed by atoms with Crippen molar-refractivity contribution < 1.29 is 4.79 Å². The number of aryl methyl sites for hydroxylation is 1. The molecule has 1 amide bonds. The molecule has 0 aliphatic heterocycles. The highest BCUT2D eigenvalue weighted by Gasteiger charge is 2.24. The van der Waals surface area contributed by atoms with Gasteiger partial charge in [0.1, 0.15) is 0 Å². The molecule has 0 aromatic heterocycles. The van der Waals surface area contributed by atoms with E-state index in [4.69, 9.17) is 0 Å². The second-order valence-corrected chi connectivity index (χ2v) is 7.63. The number of amides is 1. The van der Waals surface area contributed by atoms with Gasteiger partial charge in [0, 0.05) is 18.2 Å². The van der Waals surface area contributed by atoms with E-state index in [-0.39, 0.29) is 11.8 Å². The van der Waals surface area contributed by atoms with Gasteiger partial charge in [-0.3, -0.25) is 4.79 Å². The minimum Gasteiger partial charge on any atom is -0.312 e. The van der Waals surface area contributed by atoms with Gasteiger partial charge in [-0.25, -0.2) is 0 Å². The number of benzene rings is 2. The Balaban J connectivity index is 2.12. The highest BCUT2D eigenvalue weighted by Crippen LogP contribution is 2.23. The first-order chi connectivity index (χ1) is 13.7. The van der Waals surface area contributed by atoms with E-state index in [9.17, 15) is 4.79 Å². The minimum absolute atomic E-state index is 0.0209. The van der Waals surface area contributed by atoms with Crippen molar-refractivity contribution in [2.75, 3.05) is 11.4 Å². The molecule has 2 heteroatoms. The Morgan fingerprint density at radius 2 is 1.75 bits per heavy atom. The van der Waals surface area contributed by atoms with Crippen LogP contribution in [0.4, 0.5) is 5.69 Å². The first-order valence-electron chi connectivity index (χ1n) is 10.7. The van der Waals surface area contributed by atoms with Crippen LogP contribution in [0.15, 0.2) is 67.3 Å². The molecule has 1 unspecified atom stereocenters.